The lowest BCUT2D eigenvalue weighted by molar-refractivity contribution is -0.123. The molecule has 2 atom stereocenters. The summed E-state index contributed by atoms with van der Waals surface area (Å²) >= 11 is 0. The molecule has 0 radical (unpaired) electrons. The van der Waals surface area contributed by atoms with Gasteiger partial charge >= 0.3 is 0 Å². The van der Waals surface area contributed by atoms with Gasteiger partial charge in [0.1, 0.15) is 11.9 Å². The molecule has 0 aromatic carbocycles. The van der Waals surface area contributed by atoms with Crippen LogP contribution in [0, 0.1) is 13.8 Å². The number of carbonyl (C=O) groups excluding carboxylic acids is 1. The third kappa shape index (κ3) is 3.59. The summed E-state index contributed by atoms with van der Waals surface area (Å²) in [6.07, 6.45) is 5.49. The molecule has 2 aromatic heterocycles. The molecule has 3 rings (SSSR count). The highest BCUT2D eigenvalue weighted by Crippen LogP contribution is 2.28. The van der Waals surface area contributed by atoms with Crippen molar-refractivity contribution in [1.82, 2.24) is 15.5 Å². The van der Waals surface area contributed by atoms with Crippen molar-refractivity contribution in [2.75, 3.05) is 6.61 Å². The van der Waals surface area contributed by atoms with E-state index >= 15 is 0 Å². The maximum atomic E-state index is 12.4. The zero-order chi connectivity index (χ0) is 16.2. The van der Waals surface area contributed by atoms with Gasteiger partial charge in [0.2, 0.25) is 5.91 Å². The third-order valence-corrected chi connectivity index (χ3v) is 4.22. The van der Waals surface area contributed by atoms with Gasteiger partial charge in [0, 0.05) is 24.6 Å². The Labute approximate surface area is 135 Å². The zero-order valence-electron chi connectivity index (χ0n) is 13.4. The molecule has 3 heterocycles. The quantitative estimate of drug-likeness (QED) is 0.936. The Bertz CT molecular complexity index is 649. The summed E-state index contributed by atoms with van der Waals surface area (Å²) in [5, 5.41) is 7.00. The predicted octanol–water partition coefficient (Wildman–Crippen LogP) is 2.27. The average molecular weight is 315 g/mol. The minimum absolute atomic E-state index is 0.0286. The van der Waals surface area contributed by atoms with Crippen LogP contribution in [0.25, 0.3) is 0 Å². The number of aromatic nitrogens is 2. The van der Waals surface area contributed by atoms with Crippen LogP contribution >= 0.6 is 0 Å². The first kappa shape index (κ1) is 15.7. The Kier molecular flexibility index (Phi) is 4.71. The fourth-order valence-electron chi connectivity index (χ4n) is 2.98. The number of amides is 1. The van der Waals surface area contributed by atoms with Crippen LogP contribution in [-0.4, -0.2) is 28.7 Å². The summed E-state index contributed by atoms with van der Waals surface area (Å²) in [7, 11) is 0. The Balaban J connectivity index is 1.68. The second-order valence-corrected chi connectivity index (χ2v) is 5.87. The first-order valence-corrected chi connectivity index (χ1v) is 7.88. The number of pyridine rings is 1. The third-order valence-electron chi connectivity index (χ3n) is 4.22. The van der Waals surface area contributed by atoms with Crippen LogP contribution in [0.2, 0.25) is 0 Å². The van der Waals surface area contributed by atoms with Crippen molar-refractivity contribution >= 4 is 5.91 Å². The topological polar surface area (TPSA) is 77.2 Å². The molecule has 23 heavy (non-hydrogen) atoms. The molecular weight excluding hydrogens is 294 g/mol. The number of hydrogen-bond donors (Lipinski definition) is 1. The number of carbonyl (C=O) groups is 1. The van der Waals surface area contributed by atoms with E-state index in [2.05, 4.69) is 15.5 Å². The number of nitrogens with zero attached hydrogens (tertiary/aromatic N) is 2. The Morgan fingerprint density at radius 3 is 2.83 bits per heavy atom. The normalized spacial score (nSPS) is 21.1. The summed E-state index contributed by atoms with van der Waals surface area (Å²) in [5.41, 5.74) is 2.67. The average Bonchev–Trinajstić information content (AvgIpc) is 2.88. The van der Waals surface area contributed by atoms with Gasteiger partial charge in [-0.25, -0.2) is 0 Å². The molecule has 1 aliphatic rings. The summed E-state index contributed by atoms with van der Waals surface area (Å²) in [6, 6.07) is 3.84. The molecule has 2 aromatic rings. The first-order chi connectivity index (χ1) is 11.1. The number of hydrogen-bond acceptors (Lipinski definition) is 5. The SMILES string of the molecule is Cc1noc(C)c1CC(=O)N[C@H]1CCCO[C@@H]1c1ccncc1. The standard InChI is InChI=1S/C17H21N3O3/c1-11-14(12(2)23-20-11)10-16(21)19-15-4-3-9-22-17(15)13-5-7-18-8-6-13/h5-8,15,17H,3-4,9-10H2,1-2H3,(H,19,21)/t15-,17+/m0/s1. The molecule has 0 saturated carbocycles. The molecule has 0 unspecified atom stereocenters. The molecule has 0 spiro atoms. The Morgan fingerprint density at radius 1 is 1.35 bits per heavy atom. The van der Waals surface area contributed by atoms with E-state index in [0.29, 0.717) is 12.4 Å². The first-order valence-electron chi connectivity index (χ1n) is 7.88. The van der Waals surface area contributed by atoms with Crippen LogP contribution in [0.5, 0.6) is 0 Å². The number of rotatable bonds is 4. The molecular formula is C17H21N3O3. The molecule has 0 bridgehead atoms. The molecule has 122 valence electrons. The number of nitrogens with one attached hydrogen (secondary N) is 1. The molecule has 6 nitrogen and oxygen atoms in total. The minimum atomic E-state index is -0.125. The van der Waals surface area contributed by atoms with Gasteiger partial charge in [-0.05, 0) is 44.4 Å². The van der Waals surface area contributed by atoms with Crippen LogP contribution in [0.3, 0.4) is 0 Å². The van der Waals surface area contributed by atoms with E-state index in [-0.39, 0.29) is 24.5 Å². The van der Waals surface area contributed by atoms with Crippen molar-refractivity contribution in [3.05, 3.63) is 47.1 Å². The van der Waals surface area contributed by atoms with Crippen molar-refractivity contribution < 1.29 is 14.1 Å². The lowest BCUT2D eigenvalue weighted by Crippen LogP contribution is -2.43. The lowest BCUT2D eigenvalue weighted by Gasteiger charge is -2.32. The van der Waals surface area contributed by atoms with E-state index in [1.54, 1.807) is 12.4 Å². The fourth-order valence-corrected chi connectivity index (χ4v) is 2.98. The highest BCUT2D eigenvalue weighted by Gasteiger charge is 2.29. The maximum Gasteiger partial charge on any atom is 0.224 e. The van der Waals surface area contributed by atoms with E-state index in [1.165, 1.54) is 0 Å². The van der Waals surface area contributed by atoms with E-state index in [9.17, 15) is 4.79 Å². The maximum absolute atomic E-state index is 12.4. The van der Waals surface area contributed by atoms with E-state index in [4.69, 9.17) is 9.26 Å². The highest BCUT2D eigenvalue weighted by atomic mass is 16.5. The van der Waals surface area contributed by atoms with Gasteiger partial charge in [0.25, 0.3) is 0 Å². The Morgan fingerprint density at radius 2 is 2.13 bits per heavy atom. The highest BCUT2D eigenvalue weighted by molar-refractivity contribution is 5.79. The largest absolute Gasteiger partial charge is 0.371 e. The second kappa shape index (κ2) is 6.91. The smallest absolute Gasteiger partial charge is 0.224 e. The molecule has 6 heteroatoms. The molecule has 1 aliphatic heterocycles. The Hall–Kier alpha value is -2.21. The number of aryl methyl sites for hydroxylation is 2. The van der Waals surface area contributed by atoms with E-state index < -0.39 is 0 Å². The molecule has 1 amide bonds. The van der Waals surface area contributed by atoms with Gasteiger partial charge in [-0.3, -0.25) is 9.78 Å². The lowest BCUT2D eigenvalue weighted by atomic mass is 9.96. The summed E-state index contributed by atoms with van der Waals surface area (Å²) in [4.78, 5) is 16.4. The van der Waals surface area contributed by atoms with Gasteiger partial charge in [-0.2, -0.15) is 0 Å². The zero-order valence-corrected chi connectivity index (χ0v) is 13.4. The van der Waals surface area contributed by atoms with Crippen molar-refractivity contribution in [1.29, 1.82) is 0 Å². The molecule has 0 aliphatic carbocycles. The predicted molar refractivity (Wildman–Crippen MR) is 83.8 cm³/mol. The number of ether oxygens (including phenoxy) is 1. The van der Waals surface area contributed by atoms with Crippen LogP contribution in [0.4, 0.5) is 0 Å². The summed E-state index contributed by atoms with van der Waals surface area (Å²) in [6.45, 7) is 4.39. The van der Waals surface area contributed by atoms with E-state index in [0.717, 1.165) is 29.7 Å². The van der Waals surface area contributed by atoms with Crippen molar-refractivity contribution in [3.63, 3.8) is 0 Å². The van der Waals surface area contributed by atoms with Crippen LogP contribution < -0.4 is 5.32 Å². The molecule has 1 fully saturated rings. The fraction of sp³-hybridized carbons (Fsp3) is 0.471. The monoisotopic (exact) mass is 315 g/mol. The van der Waals surface area contributed by atoms with Crippen LogP contribution in [0.1, 0.15) is 41.5 Å². The van der Waals surface area contributed by atoms with Crippen LogP contribution in [0.15, 0.2) is 29.0 Å². The van der Waals surface area contributed by atoms with Crippen LogP contribution in [-0.2, 0) is 16.0 Å². The molecule has 1 N–H and O–H groups in total. The van der Waals surface area contributed by atoms with E-state index in [1.807, 2.05) is 26.0 Å². The van der Waals surface area contributed by atoms with Gasteiger partial charge < -0.3 is 14.6 Å². The van der Waals surface area contributed by atoms with Gasteiger partial charge in [-0.15, -0.1) is 0 Å². The minimum Gasteiger partial charge on any atom is -0.371 e. The van der Waals surface area contributed by atoms with Crippen molar-refractivity contribution in [3.8, 4) is 0 Å². The second-order valence-electron chi connectivity index (χ2n) is 5.87. The van der Waals surface area contributed by atoms with Crippen molar-refractivity contribution in [2.24, 2.45) is 0 Å². The van der Waals surface area contributed by atoms with Gasteiger partial charge in [-0.1, -0.05) is 5.16 Å². The van der Waals surface area contributed by atoms with Gasteiger partial charge in [0.15, 0.2) is 0 Å². The van der Waals surface area contributed by atoms with Crippen molar-refractivity contribution in [2.45, 2.75) is 45.3 Å². The van der Waals surface area contributed by atoms with Gasteiger partial charge in [0.05, 0.1) is 18.2 Å². The summed E-state index contributed by atoms with van der Waals surface area (Å²) in [5.74, 6) is 0.664. The summed E-state index contributed by atoms with van der Waals surface area (Å²) < 4.78 is 11.0. The molecule has 1 saturated heterocycles.